The first-order valence-electron chi connectivity index (χ1n) is 21.6. The molecule has 270 valence electrons. The maximum absolute atomic E-state index is 2.70. The van der Waals surface area contributed by atoms with Crippen LogP contribution in [-0.2, 0) is 12.8 Å². The van der Waals surface area contributed by atoms with Crippen LogP contribution in [0.1, 0.15) is 136 Å². The second-order valence-corrected chi connectivity index (χ2v) is 19.9. The average Bonchev–Trinajstić information content (AvgIpc) is 4.07. The molecule has 4 bridgehead atoms. The summed E-state index contributed by atoms with van der Waals surface area (Å²) in [6.07, 6.45) is 25.0. The normalized spacial score (nSPS) is 29.1. The zero-order chi connectivity index (χ0) is 35.6. The first-order valence-corrected chi connectivity index (χ1v) is 23.0. The van der Waals surface area contributed by atoms with E-state index in [-0.39, 0.29) is 0 Å². The highest BCUT2D eigenvalue weighted by Gasteiger charge is 2.47. The zero-order valence-corrected chi connectivity index (χ0v) is 33.4. The van der Waals surface area contributed by atoms with Gasteiger partial charge in [-0.25, -0.2) is 0 Å². The fraction of sp³-hybridized carbons (Fsp3) is 0.462. The van der Waals surface area contributed by atoms with E-state index in [9.17, 15) is 0 Å². The molecule has 1 heteroatoms. The summed E-state index contributed by atoms with van der Waals surface area (Å²) in [6, 6.07) is 36.0. The highest BCUT2D eigenvalue weighted by Crippen LogP contribution is 2.61. The third-order valence-electron chi connectivity index (χ3n) is 15.6. The molecule has 4 saturated carbocycles. The van der Waals surface area contributed by atoms with Crippen LogP contribution in [0.25, 0.3) is 34.4 Å². The van der Waals surface area contributed by atoms with Crippen molar-refractivity contribution in [2.24, 2.45) is 22.7 Å². The van der Waals surface area contributed by atoms with E-state index < -0.39 is 0 Å². The van der Waals surface area contributed by atoms with Crippen molar-refractivity contribution in [3.05, 3.63) is 129 Å². The van der Waals surface area contributed by atoms with Gasteiger partial charge in [-0.15, -0.1) is 0 Å². The van der Waals surface area contributed by atoms with Crippen molar-refractivity contribution in [3.63, 3.8) is 0 Å². The molecule has 0 N–H and O–H groups in total. The molecular weight excluding hydrogens is 653 g/mol. The molecule has 2 atom stereocenters. The molecule has 0 aliphatic heterocycles. The molecule has 53 heavy (non-hydrogen) atoms. The van der Waals surface area contributed by atoms with E-state index in [4.69, 9.17) is 0 Å². The van der Waals surface area contributed by atoms with Gasteiger partial charge in [-0.2, -0.15) is 0 Å². The lowest BCUT2D eigenvalue weighted by atomic mass is 9.76. The lowest BCUT2D eigenvalue weighted by molar-refractivity contribution is 0.289. The molecule has 0 amide bonds. The largest absolute Gasteiger partial charge is 0.0618 e. The molecule has 10 rings (SSSR count). The molecule has 6 aliphatic carbocycles. The topological polar surface area (TPSA) is 0 Å². The quantitative estimate of drug-likeness (QED) is 0.128. The van der Waals surface area contributed by atoms with E-state index in [0.717, 1.165) is 34.2 Å². The van der Waals surface area contributed by atoms with E-state index in [0.29, 0.717) is 22.7 Å². The minimum atomic E-state index is 0.577. The highest BCUT2D eigenvalue weighted by molar-refractivity contribution is 6.36. The van der Waals surface area contributed by atoms with Gasteiger partial charge in [0.15, 0.2) is 0 Å². The van der Waals surface area contributed by atoms with Gasteiger partial charge in [-0.1, -0.05) is 134 Å². The molecule has 2 radical (unpaired) electrons. The Kier molecular flexibility index (Phi) is 8.82. The molecular formula is C52H58Si. The fourth-order valence-corrected chi connectivity index (χ4v) is 14.3. The molecule has 4 fully saturated rings. The summed E-state index contributed by atoms with van der Waals surface area (Å²) >= 11 is 0. The van der Waals surface area contributed by atoms with Crippen molar-refractivity contribution in [1.29, 1.82) is 0 Å². The van der Waals surface area contributed by atoms with Crippen LogP contribution in [0.15, 0.2) is 96.1 Å². The molecule has 0 heterocycles. The molecule has 0 aromatic heterocycles. The number of rotatable bonds is 12. The molecule has 2 unspecified atom stereocenters. The Labute approximate surface area is 322 Å². The number of benzene rings is 4. The summed E-state index contributed by atoms with van der Waals surface area (Å²) in [6.45, 7) is 4.52. The fourth-order valence-electron chi connectivity index (χ4n) is 12.6. The summed E-state index contributed by atoms with van der Waals surface area (Å²) in [5.74, 6) is 3.16. The van der Waals surface area contributed by atoms with E-state index in [2.05, 4.69) is 111 Å². The van der Waals surface area contributed by atoms with E-state index in [1.54, 1.807) is 22.3 Å². The SMILES string of the molecule is CCc1ccc(-c2cccc3c2C=C(CC24CCC(CC2)C4)C3C[Si]CC2C(CC34CCC(CC3)C4)=Cc3c(-c4ccc(CC)cc4)cccc32)cc1. The van der Waals surface area contributed by atoms with Crippen LogP contribution in [0.2, 0.25) is 12.1 Å². The van der Waals surface area contributed by atoms with E-state index in [1.165, 1.54) is 134 Å². The minimum Gasteiger partial charge on any atom is -0.0618 e. The third kappa shape index (κ3) is 6.18. The highest BCUT2D eigenvalue weighted by atomic mass is 28.2. The van der Waals surface area contributed by atoms with Crippen LogP contribution < -0.4 is 0 Å². The van der Waals surface area contributed by atoms with Crippen molar-refractivity contribution in [2.45, 2.75) is 128 Å². The molecule has 0 spiro atoms. The molecule has 4 aromatic carbocycles. The number of fused-ring (bicyclic) bond motifs is 6. The van der Waals surface area contributed by atoms with E-state index >= 15 is 0 Å². The maximum atomic E-state index is 2.70. The van der Waals surface area contributed by atoms with Crippen LogP contribution in [0.5, 0.6) is 0 Å². The van der Waals surface area contributed by atoms with Crippen molar-refractivity contribution < 1.29 is 0 Å². The Morgan fingerprint density at radius 1 is 0.528 bits per heavy atom. The Morgan fingerprint density at radius 3 is 1.30 bits per heavy atom. The van der Waals surface area contributed by atoms with Gasteiger partial charge in [0.2, 0.25) is 0 Å². The van der Waals surface area contributed by atoms with Crippen LogP contribution in [0, 0.1) is 22.7 Å². The second kappa shape index (κ2) is 13.7. The summed E-state index contributed by atoms with van der Waals surface area (Å²) in [4.78, 5) is 0. The third-order valence-corrected chi connectivity index (χ3v) is 17.0. The van der Waals surface area contributed by atoms with Gasteiger partial charge in [-0.05, 0) is 168 Å². The minimum absolute atomic E-state index is 0.577. The Hall–Kier alpha value is -3.42. The van der Waals surface area contributed by atoms with Gasteiger partial charge in [0.25, 0.3) is 0 Å². The van der Waals surface area contributed by atoms with Gasteiger partial charge in [0.05, 0.1) is 0 Å². The summed E-state index contributed by atoms with van der Waals surface area (Å²) < 4.78 is 0. The summed E-state index contributed by atoms with van der Waals surface area (Å²) in [5, 5.41) is 0. The number of allylic oxidation sites excluding steroid dienone is 2. The van der Waals surface area contributed by atoms with Crippen molar-refractivity contribution >= 4 is 21.7 Å². The van der Waals surface area contributed by atoms with Crippen molar-refractivity contribution in [3.8, 4) is 22.3 Å². The van der Waals surface area contributed by atoms with Crippen LogP contribution in [-0.4, -0.2) is 9.52 Å². The molecule has 0 saturated heterocycles. The standard InChI is InChI=1S/C52H58Si/c1-3-35-11-15-39(16-12-35)43-7-5-9-45-47(43)27-41(31-51-23-19-37(29-51)20-24-51)49(45)33-53-34-50-42(32-52-25-21-38(30-52)22-26-52)28-48-44(8-6-10-46(48)50)40-17-13-36(4-2)14-18-40/h5-18,27-28,37-38,49-50H,3-4,19-26,29-34H2,1-2H3. The summed E-state index contributed by atoms with van der Waals surface area (Å²) in [7, 11) is 0.966. The number of aryl methyl sites for hydroxylation is 2. The van der Waals surface area contributed by atoms with Gasteiger partial charge < -0.3 is 0 Å². The predicted octanol–water partition coefficient (Wildman–Crippen LogP) is 14.3. The van der Waals surface area contributed by atoms with Gasteiger partial charge in [-0.3, -0.25) is 0 Å². The number of hydrogen-bond donors (Lipinski definition) is 0. The van der Waals surface area contributed by atoms with Crippen molar-refractivity contribution in [2.75, 3.05) is 0 Å². The lowest BCUT2D eigenvalue weighted by Crippen LogP contribution is -2.18. The van der Waals surface area contributed by atoms with Gasteiger partial charge in [0, 0.05) is 21.4 Å². The number of hydrogen-bond acceptors (Lipinski definition) is 0. The van der Waals surface area contributed by atoms with Crippen LogP contribution >= 0.6 is 0 Å². The van der Waals surface area contributed by atoms with Gasteiger partial charge >= 0.3 is 0 Å². The Bertz CT molecular complexity index is 1890. The predicted molar refractivity (Wildman–Crippen MR) is 227 cm³/mol. The molecule has 6 aliphatic rings. The smallest absolute Gasteiger partial charge is 0.0397 e. The summed E-state index contributed by atoms with van der Waals surface area (Å²) in [5.41, 5.74) is 19.5. The Morgan fingerprint density at radius 2 is 0.943 bits per heavy atom. The first kappa shape index (κ1) is 34.1. The lowest BCUT2D eigenvalue weighted by Gasteiger charge is -2.31. The first-order chi connectivity index (χ1) is 26.0. The van der Waals surface area contributed by atoms with Crippen molar-refractivity contribution in [1.82, 2.24) is 0 Å². The van der Waals surface area contributed by atoms with Gasteiger partial charge in [0.1, 0.15) is 0 Å². The molecule has 4 aromatic rings. The second-order valence-electron chi connectivity index (χ2n) is 18.6. The average molecular weight is 711 g/mol. The zero-order valence-electron chi connectivity index (χ0n) is 32.4. The van der Waals surface area contributed by atoms with E-state index in [1.807, 2.05) is 0 Å². The van der Waals surface area contributed by atoms with Crippen LogP contribution in [0.3, 0.4) is 0 Å². The monoisotopic (exact) mass is 710 g/mol. The van der Waals surface area contributed by atoms with Crippen LogP contribution in [0.4, 0.5) is 0 Å². The Balaban J connectivity index is 0.956. The maximum Gasteiger partial charge on any atom is 0.0397 e. The molecule has 0 nitrogen and oxygen atoms in total.